The van der Waals surface area contributed by atoms with Gasteiger partial charge in [-0.3, -0.25) is 4.90 Å². The molecule has 1 aliphatic heterocycles. The molecule has 0 unspecified atom stereocenters. The molecule has 0 bridgehead atoms. The van der Waals surface area contributed by atoms with Crippen LogP contribution in [-0.4, -0.2) is 78.5 Å². The highest BCUT2D eigenvalue weighted by Gasteiger charge is 2.38. The van der Waals surface area contributed by atoms with Crippen LogP contribution in [0.1, 0.15) is 61.6 Å². The smallest absolute Gasteiger partial charge is 0.475 e. The van der Waals surface area contributed by atoms with Gasteiger partial charge in [-0.25, -0.2) is 9.59 Å². The van der Waals surface area contributed by atoms with Crippen LogP contribution in [0.3, 0.4) is 0 Å². The number of piperidine rings is 1. The maximum atomic E-state index is 13.7. The van der Waals surface area contributed by atoms with Gasteiger partial charge in [0.25, 0.3) is 0 Å². The molecule has 3 aromatic rings. The van der Waals surface area contributed by atoms with Gasteiger partial charge in [-0.05, 0) is 59.6 Å². The minimum Gasteiger partial charge on any atom is -0.475 e. The highest BCUT2D eigenvalue weighted by molar-refractivity contribution is 5.75. The average molecular weight is 683 g/mol. The van der Waals surface area contributed by atoms with Crippen molar-refractivity contribution in [1.29, 1.82) is 0 Å². The number of rotatable bonds is 12. The van der Waals surface area contributed by atoms with Crippen molar-refractivity contribution in [1.82, 2.24) is 20.4 Å². The first kappa shape index (κ1) is 37.9. The fraction of sp³-hybridized carbons (Fsp3) is 0.474. The van der Waals surface area contributed by atoms with Crippen molar-refractivity contribution in [3.63, 3.8) is 0 Å². The lowest BCUT2D eigenvalue weighted by Crippen LogP contribution is -2.52. The molecule has 1 aliphatic carbocycles. The summed E-state index contributed by atoms with van der Waals surface area (Å²) < 4.78 is 36.9. The SMILES string of the molecule is COCCNCc1cccc(-c2ccc(CN(C(=O)NC3CCCCC3)C3CCN(Cc4ccccc4)CC3)cc2)c1.O=C(O)C(F)(F)F. The van der Waals surface area contributed by atoms with Crippen LogP contribution in [0.4, 0.5) is 18.0 Å². The van der Waals surface area contributed by atoms with E-state index in [0.717, 1.165) is 58.4 Å². The van der Waals surface area contributed by atoms with Crippen LogP contribution in [-0.2, 0) is 29.2 Å². The van der Waals surface area contributed by atoms with Crippen LogP contribution in [0, 0.1) is 0 Å². The molecular weight excluding hydrogens is 633 g/mol. The Hall–Kier alpha value is -3.93. The molecule has 266 valence electrons. The quantitative estimate of drug-likeness (QED) is 0.175. The largest absolute Gasteiger partial charge is 0.490 e. The molecule has 1 heterocycles. The Morgan fingerprint density at radius 1 is 0.857 bits per heavy atom. The molecule has 2 amide bonds. The number of alkyl halides is 3. The Morgan fingerprint density at radius 3 is 2.14 bits per heavy atom. The molecule has 5 rings (SSSR count). The molecule has 2 aliphatic rings. The number of halogens is 3. The number of ether oxygens (including phenoxy) is 1. The van der Waals surface area contributed by atoms with Crippen molar-refractivity contribution >= 4 is 12.0 Å². The monoisotopic (exact) mass is 682 g/mol. The van der Waals surface area contributed by atoms with E-state index in [4.69, 9.17) is 14.6 Å². The molecule has 3 aromatic carbocycles. The summed E-state index contributed by atoms with van der Waals surface area (Å²) in [7, 11) is 1.73. The zero-order valence-corrected chi connectivity index (χ0v) is 28.3. The van der Waals surface area contributed by atoms with E-state index in [0.29, 0.717) is 19.2 Å². The van der Waals surface area contributed by atoms with E-state index in [1.165, 1.54) is 47.1 Å². The van der Waals surface area contributed by atoms with E-state index >= 15 is 0 Å². The number of hydrogen-bond acceptors (Lipinski definition) is 5. The maximum absolute atomic E-state index is 13.7. The van der Waals surface area contributed by atoms with E-state index in [-0.39, 0.29) is 12.1 Å². The van der Waals surface area contributed by atoms with E-state index in [1.54, 1.807) is 7.11 Å². The average Bonchev–Trinajstić information content (AvgIpc) is 3.11. The van der Waals surface area contributed by atoms with Gasteiger partial charge in [0.1, 0.15) is 0 Å². The lowest BCUT2D eigenvalue weighted by Gasteiger charge is -2.39. The van der Waals surface area contributed by atoms with Gasteiger partial charge in [-0.2, -0.15) is 13.2 Å². The van der Waals surface area contributed by atoms with E-state index < -0.39 is 12.1 Å². The number of nitrogens with one attached hydrogen (secondary N) is 2. The predicted octanol–water partition coefficient (Wildman–Crippen LogP) is 7.23. The summed E-state index contributed by atoms with van der Waals surface area (Å²) in [4.78, 5) is 27.3. The summed E-state index contributed by atoms with van der Waals surface area (Å²) in [6, 6.07) is 28.9. The molecule has 0 radical (unpaired) electrons. The van der Waals surface area contributed by atoms with Crippen molar-refractivity contribution in [3.05, 3.63) is 95.6 Å². The second kappa shape index (κ2) is 19.3. The number of likely N-dealkylation sites (tertiary alicyclic amines) is 1. The number of methoxy groups -OCH3 is 1. The fourth-order valence-corrected chi connectivity index (χ4v) is 6.37. The molecule has 1 saturated carbocycles. The summed E-state index contributed by atoms with van der Waals surface area (Å²) >= 11 is 0. The second-order valence-electron chi connectivity index (χ2n) is 12.8. The summed E-state index contributed by atoms with van der Waals surface area (Å²) in [6.07, 6.45) is 2.86. The van der Waals surface area contributed by atoms with Gasteiger partial charge in [-0.15, -0.1) is 0 Å². The van der Waals surface area contributed by atoms with Crippen molar-refractivity contribution < 1.29 is 32.6 Å². The van der Waals surface area contributed by atoms with Gasteiger partial charge in [0.05, 0.1) is 6.61 Å². The molecule has 1 saturated heterocycles. The molecule has 0 atom stereocenters. The number of carbonyl (C=O) groups is 2. The first-order valence-corrected chi connectivity index (χ1v) is 17.1. The number of benzene rings is 3. The first-order chi connectivity index (χ1) is 23.6. The van der Waals surface area contributed by atoms with Gasteiger partial charge in [-0.1, -0.05) is 92.1 Å². The van der Waals surface area contributed by atoms with Crippen LogP contribution >= 0.6 is 0 Å². The number of hydrogen-bond donors (Lipinski definition) is 3. The third kappa shape index (κ3) is 12.8. The number of amides is 2. The molecule has 2 fully saturated rings. The van der Waals surface area contributed by atoms with Crippen molar-refractivity contribution in [2.75, 3.05) is 33.4 Å². The lowest BCUT2D eigenvalue weighted by molar-refractivity contribution is -0.192. The number of urea groups is 1. The van der Waals surface area contributed by atoms with Gasteiger partial charge < -0.3 is 25.4 Å². The Morgan fingerprint density at radius 2 is 1.51 bits per heavy atom. The van der Waals surface area contributed by atoms with E-state index in [2.05, 4.69) is 99.3 Å². The molecule has 0 spiro atoms. The Kier molecular flexibility index (Phi) is 14.9. The number of carbonyl (C=O) groups excluding carboxylic acids is 1. The number of nitrogens with zero attached hydrogens (tertiary/aromatic N) is 2. The highest BCUT2D eigenvalue weighted by atomic mass is 19.4. The molecule has 0 aromatic heterocycles. The molecule has 49 heavy (non-hydrogen) atoms. The summed E-state index contributed by atoms with van der Waals surface area (Å²) in [5.74, 6) is -2.76. The third-order valence-electron chi connectivity index (χ3n) is 9.06. The Bertz CT molecular complexity index is 1420. The third-order valence-corrected chi connectivity index (χ3v) is 9.06. The summed E-state index contributed by atoms with van der Waals surface area (Å²) in [5.41, 5.74) is 6.21. The minimum atomic E-state index is -5.08. The number of carboxylic acids is 1. The predicted molar refractivity (Wildman–Crippen MR) is 185 cm³/mol. The Labute approximate surface area is 287 Å². The van der Waals surface area contributed by atoms with E-state index in [1.807, 2.05) is 0 Å². The molecule has 8 nitrogen and oxygen atoms in total. The summed E-state index contributed by atoms with van der Waals surface area (Å²) in [6.45, 7) is 6.03. The highest BCUT2D eigenvalue weighted by Crippen LogP contribution is 2.25. The first-order valence-electron chi connectivity index (χ1n) is 17.1. The zero-order chi connectivity index (χ0) is 35.1. The van der Waals surface area contributed by atoms with Crippen LogP contribution in [0.15, 0.2) is 78.9 Å². The van der Waals surface area contributed by atoms with Gasteiger partial charge in [0.15, 0.2) is 0 Å². The molecule has 11 heteroatoms. The maximum Gasteiger partial charge on any atom is 0.490 e. The minimum absolute atomic E-state index is 0.112. The topological polar surface area (TPSA) is 94.1 Å². The van der Waals surface area contributed by atoms with Crippen LogP contribution in [0.2, 0.25) is 0 Å². The normalized spacial score (nSPS) is 16.0. The zero-order valence-electron chi connectivity index (χ0n) is 28.3. The number of carboxylic acid groups (broad SMARTS) is 1. The molecular formula is C38H49F3N4O4. The standard InChI is InChI=1S/C36H48N4O2.C2HF3O2/c1-42-24-21-37-26-31-11-8-12-33(25-31)32-17-15-30(16-18-32)28-40(36(41)38-34-13-6-3-7-14-34)35-19-22-39(23-20-35)27-29-9-4-2-5-10-29;3-2(4,5)1(6)7/h2,4-5,8-12,15-18,25,34-35,37H,3,6-7,13-14,19-24,26-28H2,1H3,(H,38,41);(H,6,7). The van der Waals surface area contributed by atoms with Crippen molar-refractivity contribution in [2.45, 2.75) is 82.8 Å². The molecule has 3 N–H and O–H groups in total. The second-order valence-corrected chi connectivity index (χ2v) is 12.8. The van der Waals surface area contributed by atoms with Crippen LogP contribution in [0.25, 0.3) is 11.1 Å². The van der Waals surface area contributed by atoms with Gasteiger partial charge in [0.2, 0.25) is 0 Å². The van der Waals surface area contributed by atoms with Crippen molar-refractivity contribution in [2.24, 2.45) is 0 Å². The fourth-order valence-electron chi connectivity index (χ4n) is 6.37. The lowest BCUT2D eigenvalue weighted by atomic mass is 9.95. The Balaban J connectivity index is 0.000000698. The van der Waals surface area contributed by atoms with Crippen LogP contribution in [0.5, 0.6) is 0 Å². The van der Waals surface area contributed by atoms with Gasteiger partial charge in [0, 0.05) is 58.5 Å². The summed E-state index contributed by atoms with van der Waals surface area (Å²) in [5, 5.41) is 14.0. The number of aliphatic carboxylic acids is 1. The van der Waals surface area contributed by atoms with Crippen molar-refractivity contribution in [3.8, 4) is 11.1 Å². The van der Waals surface area contributed by atoms with Crippen LogP contribution < -0.4 is 10.6 Å². The van der Waals surface area contributed by atoms with Gasteiger partial charge >= 0.3 is 18.2 Å². The van der Waals surface area contributed by atoms with E-state index in [9.17, 15) is 18.0 Å².